The number of benzene rings is 1. The molecule has 0 atom stereocenters. The second-order valence-corrected chi connectivity index (χ2v) is 7.16. The van der Waals surface area contributed by atoms with E-state index in [1.165, 1.54) is 37.3 Å². The molecule has 27 heavy (non-hydrogen) atoms. The summed E-state index contributed by atoms with van der Waals surface area (Å²) in [5.41, 5.74) is 3.44. The van der Waals surface area contributed by atoms with Crippen LogP contribution < -0.4 is 15.1 Å². The fourth-order valence-corrected chi connectivity index (χ4v) is 3.80. The number of anilines is 2. The Morgan fingerprint density at radius 2 is 1.48 bits per heavy atom. The number of nitrogens with one attached hydrogen (secondary N) is 1. The van der Waals surface area contributed by atoms with E-state index in [1.54, 1.807) is 6.20 Å². The summed E-state index contributed by atoms with van der Waals surface area (Å²) < 4.78 is 0. The molecule has 142 valence electrons. The predicted molar refractivity (Wildman–Crippen MR) is 108 cm³/mol. The molecule has 2 saturated heterocycles. The standard InChI is InChI=1S/C21H27N5O/c27-21(23-17-18-5-1-2-10-22-18)26-15-13-25(14-16-26)20-8-6-19(7-9-20)24-11-3-4-12-24/h1-2,5-10H,3-4,11-17H2,(H,23,27). The van der Waals surface area contributed by atoms with Crippen molar-refractivity contribution in [3.63, 3.8) is 0 Å². The molecule has 0 unspecified atom stereocenters. The molecule has 2 aromatic rings. The Kier molecular flexibility index (Phi) is 5.42. The lowest BCUT2D eigenvalue weighted by Crippen LogP contribution is -2.51. The maximum absolute atomic E-state index is 12.4. The van der Waals surface area contributed by atoms with Crippen LogP contribution in [0.15, 0.2) is 48.7 Å². The van der Waals surface area contributed by atoms with Gasteiger partial charge in [0.25, 0.3) is 0 Å². The van der Waals surface area contributed by atoms with E-state index < -0.39 is 0 Å². The van der Waals surface area contributed by atoms with Gasteiger partial charge in [0, 0.05) is 56.8 Å². The monoisotopic (exact) mass is 365 g/mol. The molecular formula is C21H27N5O. The number of carbonyl (C=O) groups excluding carboxylic acids is 1. The van der Waals surface area contributed by atoms with Gasteiger partial charge in [0.15, 0.2) is 0 Å². The Hall–Kier alpha value is -2.76. The largest absolute Gasteiger partial charge is 0.372 e. The van der Waals surface area contributed by atoms with E-state index in [1.807, 2.05) is 23.1 Å². The van der Waals surface area contributed by atoms with Gasteiger partial charge in [0.1, 0.15) is 0 Å². The van der Waals surface area contributed by atoms with E-state index >= 15 is 0 Å². The third-order valence-electron chi connectivity index (χ3n) is 5.40. The van der Waals surface area contributed by atoms with Gasteiger partial charge in [0.05, 0.1) is 12.2 Å². The van der Waals surface area contributed by atoms with Crippen molar-refractivity contribution in [1.29, 1.82) is 0 Å². The number of hydrogen-bond donors (Lipinski definition) is 1. The number of rotatable bonds is 4. The van der Waals surface area contributed by atoms with Crippen LogP contribution in [0.2, 0.25) is 0 Å². The first-order valence-electron chi connectivity index (χ1n) is 9.82. The highest BCUT2D eigenvalue weighted by Crippen LogP contribution is 2.24. The zero-order valence-corrected chi connectivity index (χ0v) is 15.7. The first kappa shape index (κ1) is 17.6. The summed E-state index contributed by atoms with van der Waals surface area (Å²) >= 11 is 0. The molecule has 2 aliphatic rings. The number of carbonyl (C=O) groups is 1. The van der Waals surface area contributed by atoms with Crippen LogP contribution in [0.4, 0.5) is 16.2 Å². The number of piperazine rings is 1. The van der Waals surface area contributed by atoms with Crippen molar-refractivity contribution in [3.8, 4) is 0 Å². The van der Waals surface area contributed by atoms with Gasteiger partial charge in [-0.3, -0.25) is 4.98 Å². The van der Waals surface area contributed by atoms with Crippen LogP contribution in [0.5, 0.6) is 0 Å². The van der Waals surface area contributed by atoms with Gasteiger partial charge in [-0.2, -0.15) is 0 Å². The number of nitrogens with zero attached hydrogens (tertiary/aromatic N) is 4. The highest BCUT2D eigenvalue weighted by molar-refractivity contribution is 5.74. The summed E-state index contributed by atoms with van der Waals surface area (Å²) in [6.45, 7) is 6.01. The molecule has 2 amide bonds. The van der Waals surface area contributed by atoms with Crippen molar-refractivity contribution in [1.82, 2.24) is 15.2 Å². The number of hydrogen-bond acceptors (Lipinski definition) is 4. The molecule has 2 aliphatic heterocycles. The number of aromatic nitrogens is 1. The number of pyridine rings is 1. The molecule has 1 N–H and O–H groups in total. The highest BCUT2D eigenvalue weighted by Gasteiger charge is 2.21. The number of urea groups is 1. The van der Waals surface area contributed by atoms with Crippen LogP contribution >= 0.6 is 0 Å². The summed E-state index contributed by atoms with van der Waals surface area (Å²) in [4.78, 5) is 23.3. The lowest BCUT2D eigenvalue weighted by Gasteiger charge is -2.36. The van der Waals surface area contributed by atoms with Gasteiger partial charge in [-0.1, -0.05) is 6.07 Å². The minimum absolute atomic E-state index is 0.00955. The molecule has 0 spiro atoms. The molecule has 0 bridgehead atoms. The van der Waals surface area contributed by atoms with E-state index in [2.05, 4.69) is 44.4 Å². The van der Waals surface area contributed by atoms with Crippen LogP contribution in [0, 0.1) is 0 Å². The Morgan fingerprint density at radius 3 is 2.07 bits per heavy atom. The Labute approximate surface area is 160 Å². The summed E-state index contributed by atoms with van der Waals surface area (Å²) in [6, 6.07) is 14.6. The van der Waals surface area contributed by atoms with Gasteiger partial charge in [-0.25, -0.2) is 4.79 Å². The molecule has 1 aromatic heterocycles. The lowest BCUT2D eigenvalue weighted by atomic mass is 10.2. The van der Waals surface area contributed by atoms with E-state index in [4.69, 9.17) is 0 Å². The minimum atomic E-state index is -0.00955. The van der Waals surface area contributed by atoms with Crippen LogP contribution in [0.25, 0.3) is 0 Å². The average molecular weight is 365 g/mol. The molecular weight excluding hydrogens is 338 g/mol. The first-order chi connectivity index (χ1) is 13.3. The fraction of sp³-hybridized carbons (Fsp3) is 0.429. The smallest absolute Gasteiger partial charge is 0.317 e. The quantitative estimate of drug-likeness (QED) is 0.905. The Morgan fingerprint density at radius 1 is 0.852 bits per heavy atom. The lowest BCUT2D eigenvalue weighted by molar-refractivity contribution is 0.194. The van der Waals surface area contributed by atoms with Crippen molar-refractivity contribution in [3.05, 3.63) is 54.4 Å². The van der Waals surface area contributed by atoms with Crippen LogP contribution in [0.3, 0.4) is 0 Å². The summed E-state index contributed by atoms with van der Waals surface area (Å²) in [7, 11) is 0. The fourth-order valence-electron chi connectivity index (χ4n) is 3.80. The zero-order chi connectivity index (χ0) is 18.5. The molecule has 0 saturated carbocycles. The van der Waals surface area contributed by atoms with E-state index in [-0.39, 0.29) is 6.03 Å². The SMILES string of the molecule is O=C(NCc1ccccn1)N1CCN(c2ccc(N3CCCC3)cc2)CC1. The minimum Gasteiger partial charge on any atom is -0.372 e. The van der Waals surface area contributed by atoms with Gasteiger partial charge in [-0.15, -0.1) is 0 Å². The molecule has 3 heterocycles. The van der Waals surface area contributed by atoms with Gasteiger partial charge in [0.2, 0.25) is 0 Å². The molecule has 2 fully saturated rings. The molecule has 6 nitrogen and oxygen atoms in total. The van der Waals surface area contributed by atoms with Crippen LogP contribution in [-0.2, 0) is 6.54 Å². The van der Waals surface area contributed by atoms with Crippen LogP contribution in [-0.4, -0.2) is 55.2 Å². The van der Waals surface area contributed by atoms with Gasteiger partial charge >= 0.3 is 6.03 Å². The van der Waals surface area contributed by atoms with Gasteiger partial charge < -0.3 is 20.0 Å². The Balaban J connectivity index is 1.26. The predicted octanol–water partition coefficient (Wildman–Crippen LogP) is 2.71. The zero-order valence-electron chi connectivity index (χ0n) is 15.7. The van der Waals surface area contributed by atoms with Crippen molar-refractivity contribution in [2.45, 2.75) is 19.4 Å². The van der Waals surface area contributed by atoms with Crippen molar-refractivity contribution in [2.75, 3.05) is 49.1 Å². The van der Waals surface area contributed by atoms with Crippen molar-refractivity contribution in [2.24, 2.45) is 0 Å². The molecule has 4 rings (SSSR count). The third-order valence-corrected chi connectivity index (χ3v) is 5.40. The topological polar surface area (TPSA) is 51.7 Å². The Bertz CT molecular complexity index is 735. The summed E-state index contributed by atoms with van der Waals surface area (Å²) in [6.07, 6.45) is 4.34. The molecule has 6 heteroatoms. The van der Waals surface area contributed by atoms with E-state index in [9.17, 15) is 4.79 Å². The van der Waals surface area contributed by atoms with Crippen molar-refractivity contribution >= 4 is 17.4 Å². The molecule has 1 aromatic carbocycles. The summed E-state index contributed by atoms with van der Waals surface area (Å²) in [5.74, 6) is 0. The second-order valence-electron chi connectivity index (χ2n) is 7.16. The number of amides is 2. The second kappa shape index (κ2) is 8.29. The van der Waals surface area contributed by atoms with E-state index in [0.717, 1.165) is 31.9 Å². The summed E-state index contributed by atoms with van der Waals surface area (Å²) in [5, 5.41) is 2.96. The van der Waals surface area contributed by atoms with Gasteiger partial charge in [-0.05, 0) is 49.2 Å². The van der Waals surface area contributed by atoms with Crippen molar-refractivity contribution < 1.29 is 4.79 Å². The maximum Gasteiger partial charge on any atom is 0.317 e. The maximum atomic E-state index is 12.4. The highest BCUT2D eigenvalue weighted by atomic mass is 16.2. The average Bonchev–Trinajstić information content (AvgIpc) is 3.28. The normalized spacial score (nSPS) is 17.3. The van der Waals surface area contributed by atoms with E-state index in [0.29, 0.717) is 6.54 Å². The van der Waals surface area contributed by atoms with Crippen LogP contribution in [0.1, 0.15) is 18.5 Å². The molecule has 0 aliphatic carbocycles. The third kappa shape index (κ3) is 4.32. The first-order valence-corrected chi connectivity index (χ1v) is 9.82. The molecule has 0 radical (unpaired) electrons.